The van der Waals surface area contributed by atoms with Crippen LogP contribution in [-0.4, -0.2) is 17.1 Å². The van der Waals surface area contributed by atoms with Gasteiger partial charge < -0.3 is 9.30 Å². The maximum atomic E-state index is 11.0. The van der Waals surface area contributed by atoms with Crippen LogP contribution in [0.1, 0.15) is 11.4 Å². The van der Waals surface area contributed by atoms with Crippen LogP contribution in [0.25, 0.3) is 5.69 Å². The molecular formula is C14H17N3O2. The van der Waals surface area contributed by atoms with Gasteiger partial charge in [-0.05, 0) is 50.2 Å². The zero-order chi connectivity index (χ0) is 13.8. The molecule has 100 valence electrons. The Morgan fingerprint density at radius 1 is 1.16 bits per heavy atom. The largest absolute Gasteiger partial charge is 0.484 e. The highest BCUT2D eigenvalue weighted by Crippen LogP contribution is 2.19. The van der Waals surface area contributed by atoms with Gasteiger partial charge in [0, 0.05) is 17.1 Å². The molecule has 0 atom stereocenters. The molecule has 2 rings (SSSR count). The quantitative estimate of drug-likeness (QED) is 0.496. The van der Waals surface area contributed by atoms with Crippen LogP contribution in [-0.2, 0) is 4.79 Å². The molecular weight excluding hydrogens is 242 g/mol. The Morgan fingerprint density at radius 3 is 2.26 bits per heavy atom. The van der Waals surface area contributed by atoms with Gasteiger partial charge in [0.15, 0.2) is 6.61 Å². The van der Waals surface area contributed by atoms with E-state index in [9.17, 15) is 4.79 Å². The van der Waals surface area contributed by atoms with Crippen LogP contribution >= 0.6 is 0 Å². The number of hydrogen-bond donors (Lipinski definition) is 2. The van der Waals surface area contributed by atoms with Crippen LogP contribution in [0.3, 0.4) is 0 Å². The SMILES string of the molecule is Cc1ccc(C)n1-c1ccc(OCC(=O)NN)cc1. The number of nitrogens with one attached hydrogen (secondary N) is 1. The van der Waals surface area contributed by atoms with Crippen molar-refractivity contribution in [3.8, 4) is 11.4 Å². The zero-order valence-corrected chi connectivity index (χ0v) is 11.0. The molecule has 0 fully saturated rings. The van der Waals surface area contributed by atoms with Crippen molar-refractivity contribution in [2.24, 2.45) is 5.84 Å². The van der Waals surface area contributed by atoms with Gasteiger partial charge in [0.2, 0.25) is 0 Å². The van der Waals surface area contributed by atoms with Gasteiger partial charge in [-0.25, -0.2) is 5.84 Å². The van der Waals surface area contributed by atoms with E-state index in [1.807, 2.05) is 29.7 Å². The number of aromatic nitrogens is 1. The summed E-state index contributed by atoms with van der Waals surface area (Å²) in [6.07, 6.45) is 0. The summed E-state index contributed by atoms with van der Waals surface area (Å²) in [4.78, 5) is 11.0. The lowest BCUT2D eigenvalue weighted by molar-refractivity contribution is -0.123. The van der Waals surface area contributed by atoms with E-state index in [0.29, 0.717) is 5.75 Å². The summed E-state index contributed by atoms with van der Waals surface area (Å²) < 4.78 is 7.44. The number of nitrogens with two attached hydrogens (primary N) is 1. The molecule has 3 N–H and O–H groups in total. The second-order valence-electron chi connectivity index (χ2n) is 4.30. The van der Waals surface area contributed by atoms with E-state index >= 15 is 0 Å². The van der Waals surface area contributed by atoms with E-state index in [0.717, 1.165) is 5.69 Å². The van der Waals surface area contributed by atoms with E-state index < -0.39 is 0 Å². The Hall–Kier alpha value is -2.27. The van der Waals surface area contributed by atoms with Crippen molar-refractivity contribution in [1.29, 1.82) is 0 Å². The molecule has 1 heterocycles. The number of carbonyl (C=O) groups excluding carboxylic acids is 1. The third kappa shape index (κ3) is 2.95. The van der Waals surface area contributed by atoms with Gasteiger partial charge in [0.1, 0.15) is 5.75 Å². The number of carbonyl (C=O) groups is 1. The molecule has 0 saturated heterocycles. The molecule has 5 heteroatoms. The average Bonchev–Trinajstić information content (AvgIpc) is 2.76. The number of nitrogens with zero attached hydrogens (tertiary/aromatic N) is 1. The molecule has 0 unspecified atom stereocenters. The molecule has 1 amide bonds. The standard InChI is InChI=1S/C14H17N3O2/c1-10-3-4-11(2)17(10)12-5-7-13(8-6-12)19-9-14(18)16-15/h3-8H,9,15H2,1-2H3,(H,16,18). The van der Waals surface area contributed by atoms with Crippen LogP contribution in [0.15, 0.2) is 36.4 Å². The first-order valence-corrected chi connectivity index (χ1v) is 5.99. The minimum absolute atomic E-state index is 0.0859. The molecule has 0 saturated carbocycles. The summed E-state index contributed by atoms with van der Waals surface area (Å²) in [6, 6.07) is 11.7. The Bertz CT molecular complexity index is 553. The van der Waals surface area contributed by atoms with E-state index in [-0.39, 0.29) is 12.5 Å². The van der Waals surface area contributed by atoms with Crippen molar-refractivity contribution in [3.63, 3.8) is 0 Å². The second kappa shape index (κ2) is 5.58. The predicted octanol–water partition coefficient (Wildman–Crippen LogP) is 1.46. The smallest absolute Gasteiger partial charge is 0.271 e. The Labute approximate surface area is 112 Å². The number of rotatable bonds is 4. The fourth-order valence-corrected chi connectivity index (χ4v) is 1.96. The Balaban J connectivity index is 2.13. The molecule has 0 aliphatic heterocycles. The molecule has 0 radical (unpaired) electrons. The number of amides is 1. The molecule has 2 aromatic rings. The third-order valence-corrected chi connectivity index (χ3v) is 2.90. The molecule has 1 aromatic carbocycles. The molecule has 5 nitrogen and oxygen atoms in total. The lowest BCUT2D eigenvalue weighted by Crippen LogP contribution is -2.34. The van der Waals surface area contributed by atoms with Gasteiger partial charge in [-0.1, -0.05) is 0 Å². The number of aryl methyl sites for hydroxylation is 2. The summed E-state index contributed by atoms with van der Waals surface area (Å²) in [6.45, 7) is 4.03. The van der Waals surface area contributed by atoms with Crippen molar-refractivity contribution >= 4 is 5.91 Å². The monoisotopic (exact) mass is 259 g/mol. The molecule has 19 heavy (non-hydrogen) atoms. The second-order valence-corrected chi connectivity index (χ2v) is 4.30. The maximum Gasteiger partial charge on any atom is 0.271 e. The summed E-state index contributed by atoms with van der Waals surface area (Å²) >= 11 is 0. The molecule has 1 aromatic heterocycles. The van der Waals surface area contributed by atoms with Crippen molar-refractivity contribution in [3.05, 3.63) is 47.8 Å². The van der Waals surface area contributed by atoms with Crippen molar-refractivity contribution in [1.82, 2.24) is 9.99 Å². The fraction of sp³-hybridized carbons (Fsp3) is 0.214. The van der Waals surface area contributed by atoms with Gasteiger partial charge in [-0.3, -0.25) is 10.2 Å². The number of hydrogen-bond acceptors (Lipinski definition) is 3. The van der Waals surface area contributed by atoms with Crippen LogP contribution in [0, 0.1) is 13.8 Å². The van der Waals surface area contributed by atoms with Gasteiger partial charge in [-0.15, -0.1) is 0 Å². The highest BCUT2D eigenvalue weighted by Gasteiger charge is 2.04. The number of ether oxygens (including phenoxy) is 1. The zero-order valence-electron chi connectivity index (χ0n) is 11.0. The lowest BCUT2D eigenvalue weighted by atomic mass is 10.3. The minimum Gasteiger partial charge on any atom is -0.484 e. The van der Waals surface area contributed by atoms with Crippen LogP contribution in [0.2, 0.25) is 0 Å². The average molecular weight is 259 g/mol. The van der Waals surface area contributed by atoms with E-state index in [2.05, 4.69) is 30.5 Å². The molecule has 0 spiro atoms. The Morgan fingerprint density at radius 2 is 1.74 bits per heavy atom. The van der Waals surface area contributed by atoms with Gasteiger partial charge >= 0.3 is 0 Å². The van der Waals surface area contributed by atoms with Gasteiger partial charge in [-0.2, -0.15) is 0 Å². The minimum atomic E-state index is -0.360. The summed E-state index contributed by atoms with van der Waals surface area (Å²) in [5.74, 6) is 5.25. The topological polar surface area (TPSA) is 69.3 Å². The van der Waals surface area contributed by atoms with Crippen LogP contribution < -0.4 is 16.0 Å². The van der Waals surface area contributed by atoms with Crippen LogP contribution in [0.4, 0.5) is 0 Å². The van der Waals surface area contributed by atoms with Crippen molar-refractivity contribution in [2.75, 3.05) is 6.61 Å². The summed E-state index contributed by atoms with van der Waals surface area (Å²) in [5, 5.41) is 0. The van der Waals surface area contributed by atoms with E-state index in [1.165, 1.54) is 11.4 Å². The fourth-order valence-electron chi connectivity index (χ4n) is 1.96. The summed E-state index contributed by atoms with van der Waals surface area (Å²) in [5.41, 5.74) is 5.43. The van der Waals surface area contributed by atoms with Crippen molar-refractivity contribution < 1.29 is 9.53 Å². The first kappa shape index (κ1) is 13.2. The maximum absolute atomic E-state index is 11.0. The highest BCUT2D eigenvalue weighted by atomic mass is 16.5. The van der Waals surface area contributed by atoms with E-state index in [1.54, 1.807) is 0 Å². The van der Waals surface area contributed by atoms with Crippen LogP contribution in [0.5, 0.6) is 5.75 Å². The number of benzene rings is 1. The lowest BCUT2D eigenvalue weighted by Gasteiger charge is -2.10. The Kier molecular flexibility index (Phi) is 3.87. The van der Waals surface area contributed by atoms with Gasteiger partial charge in [0.05, 0.1) is 0 Å². The normalized spacial score (nSPS) is 10.3. The van der Waals surface area contributed by atoms with E-state index in [4.69, 9.17) is 10.6 Å². The predicted molar refractivity (Wildman–Crippen MR) is 73.1 cm³/mol. The highest BCUT2D eigenvalue weighted by molar-refractivity contribution is 5.76. The third-order valence-electron chi connectivity index (χ3n) is 2.90. The summed E-state index contributed by atoms with van der Waals surface area (Å²) in [7, 11) is 0. The first-order chi connectivity index (χ1) is 9.11. The van der Waals surface area contributed by atoms with Crippen molar-refractivity contribution in [2.45, 2.75) is 13.8 Å². The molecule has 0 bridgehead atoms. The van der Waals surface area contributed by atoms with Gasteiger partial charge in [0.25, 0.3) is 5.91 Å². The molecule has 0 aliphatic carbocycles. The first-order valence-electron chi connectivity index (χ1n) is 5.99. The molecule has 0 aliphatic rings. The number of hydrazine groups is 1.